The summed E-state index contributed by atoms with van der Waals surface area (Å²) in [6, 6.07) is 3.23. The maximum atomic E-state index is 12.0. The maximum absolute atomic E-state index is 12.0. The predicted octanol–water partition coefficient (Wildman–Crippen LogP) is 1.12. The van der Waals surface area contributed by atoms with Crippen LogP contribution in [-0.4, -0.2) is 40.3 Å². The molecule has 0 aromatic carbocycles. The van der Waals surface area contributed by atoms with E-state index in [1.807, 2.05) is 20.8 Å². The molecule has 0 radical (unpaired) electrons. The van der Waals surface area contributed by atoms with E-state index in [2.05, 4.69) is 5.32 Å². The summed E-state index contributed by atoms with van der Waals surface area (Å²) in [5.41, 5.74) is -0.121. The molecule has 106 valence electrons. The summed E-state index contributed by atoms with van der Waals surface area (Å²) in [6.07, 6.45) is 1.57. The van der Waals surface area contributed by atoms with E-state index in [1.165, 1.54) is 4.57 Å². The van der Waals surface area contributed by atoms with Gasteiger partial charge in [0.25, 0.3) is 5.91 Å². The Kier molecular flexibility index (Phi) is 5.11. The molecule has 0 fully saturated rings. The van der Waals surface area contributed by atoms with E-state index in [1.54, 1.807) is 18.3 Å². The summed E-state index contributed by atoms with van der Waals surface area (Å²) in [7, 11) is 0. The van der Waals surface area contributed by atoms with Crippen LogP contribution in [0, 0.1) is 0 Å². The van der Waals surface area contributed by atoms with Crippen molar-refractivity contribution in [3.05, 3.63) is 24.0 Å². The van der Waals surface area contributed by atoms with Gasteiger partial charge in [0.05, 0.1) is 5.60 Å². The molecule has 6 nitrogen and oxygen atoms in total. The number of nitrogens with zero attached hydrogens (tertiary/aromatic N) is 1. The number of carbonyl (C=O) groups is 2. The third-order valence-corrected chi connectivity index (χ3v) is 2.58. The third kappa shape index (κ3) is 4.75. The lowest BCUT2D eigenvalue weighted by Crippen LogP contribution is -2.41. The smallest absolute Gasteiger partial charge is 0.323 e. The maximum Gasteiger partial charge on any atom is 0.323 e. The Balaban J connectivity index is 2.64. The normalized spacial score (nSPS) is 11.3. The minimum absolute atomic E-state index is 0.232. The van der Waals surface area contributed by atoms with Gasteiger partial charge in [-0.15, -0.1) is 0 Å². The van der Waals surface area contributed by atoms with Crippen LogP contribution in [0.1, 0.15) is 31.3 Å². The minimum atomic E-state index is -0.986. The highest BCUT2D eigenvalue weighted by Gasteiger charge is 2.20. The van der Waals surface area contributed by atoms with Crippen LogP contribution in [0.3, 0.4) is 0 Å². The lowest BCUT2D eigenvalue weighted by Gasteiger charge is -2.24. The van der Waals surface area contributed by atoms with Crippen molar-refractivity contribution < 1.29 is 19.4 Å². The van der Waals surface area contributed by atoms with Gasteiger partial charge in [-0.3, -0.25) is 9.59 Å². The Bertz CT molecular complexity index is 451. The molecule has 0 saturated carbocycles. The topological polar surface area (TPSA) is 80.6 Å². The van der Waals surface area contributed by atoms with E-state index in [0.29, 0.717) is 18.8 Å². The van der Waals surface area contributed by atoms with Crippen molar-refractivity contribution in [2.24, 2.45) is 0 Å². The minimum Gasteiger partial charge on any atom is -0.480 e. The van der Waals surface area contributed by atoms with Gasteiger partial charge < -0.3 is 19.7 Å². The number of rotatable bonds is 7. The van der Waals surface area contributed by atoms with Crippen molar-refractivity contribution in [3.8, 4) is 0 Å². The van der Waals surface area contributed by atoms with Gasteiger partial charge in [0.15, 0.2) is 0 Å². The molecule has 0 unspecified atom stereocenters. The molecule has 0 aliphatic carbocycles. The number of carboxylic acids is 1. The van der Waals surface area contributed by atoms with Gasteiger partial charge in [-0.1, -0.05) is 0 Å². The highest BCUT2D eigenvalue weighted by atomic mass is 16.5. The zero-order valence-electron chi connectivity index (χ0n) is 11.5. The molecule has 0 spiro atoms. The molecule has 0 bridgehead atoms. The van der Waals surface area contributed by atoms with Crippen molar-refractivity contribution in [3.63, 3.8) is 0 Å². The summed E-state index contributed by atoms with van der Waals surface area (Å²) in [6.45, 7) is 6.35. The second-order valence-corrected chi connectivity index (χ2v) is 4.79. The molecule has 6 heteroatoms. The molecule has 0 atom stereocenters. The van der Waals surface area contributed by atoms with Crippen LogP contribution in [0.15, 0.2) is 18.3 Å². The van der Waals surface area contributed by atoms with Gasteiger partial charge in [0.1, 0.15) is 12.2 Å². The Morgan fingerprint density at radius 2 is 2.16 bits per heavy atom. The third-order valence-electron chi connectivity index (χ3n) is 2.58. The molecule has 0 saturated heterocycles. The molecule has 19 heavy (non-hydrogen) atoms. The Morgan fingerprint density at radius 3 is 2.74 bits per heavy atom. The average Bonchev–Trinajstić information content (AvgIpc) is 2.73. The van der Waals surface area contributed by atoms with Gasteiger partial charge in [-0.2, -0.15) is 0 Å². The van der Waals surface area contributed by atoms with Crippen molar-refractivity contribution in [2.75, 3.05) is 13.2 Å². The van der Waals surface area contributed by atoms with E-state index < -0.39 is 11.6 Å². The first kappa shape index (κ1) is 15.2. The molecular weight excluding hydrogens is 248 g/mol. The van der Waals surface area contributed by atoms with Crippen LogP contribution in [-0.2, 0) is 16.1 Å². The van der Waals surface area contributed by atoms with Gasteiger partial charge >= 0.3 is 5.97 Å². The van der Waals surface area contributed by atoms with E-state index in [-0.39, 0.29) is 12.5 Å². The number of carboxylic acid groups (broad SMARTS) is 1. The first-order valence-electron chi connectivity index (χ1n) is 6.15. The standard InChI is InChI=1S/C13H20N2O4/c1-4-19-13(2,3)9-14-12(18)10-6-5-7-15(10)8-11(16)17/h5-7H,4,8-9H2,1-3H3,(H,14,18)(H,16,17). The van der Waals surface area contributed by atoms with E-state index >= 15 is 0 Å². The fraction of sp³-hybridized carbons (Fsp3) is 0.538. The predicted molar refractivity (Wildman–Crippen MR) is 70.1 cm³/mol. The number of carbonyl (C=O) groups excluding carboxylic acids is 1. The monoisotopic (exact) mass is 268 g/mol. The second-order valence-electron chi connectivity index (χ2n) is 4.79. The number of aliphatic carboxylic acids is 1. The highest BCUT2D eigenvalue weighted by molar-refractivity contribution is 5.93. The molecule has 1 rings (SSSR count). The molecule has 0 aliphatic heterocycles. The van der Waals surface area contributed by atoms with Gasteiger partial charge in [-0.25, -0.2) is 0 Å². The van der Waals surface area contributed by atoms with Crippen molar-refractivity contribution in [2.45, 2.75) is 32.9 Å². The average molecular weight is 268 g/mol. The second kappa shape index (κ2) is 6.38. The number of ether oxygens (including phenoxy) is 1. The lowest BCUT2D eigenvalue weighted by atomic mass is 10.1. The zero-order valence-corrected chi connectivity index (χ0v) is 11.5. The van der Waals surface area contributed by atoms with Crippen LogP contribution < -0.4 is 5.32 Å². The molecule has 1 amide bonds. The fourth-order valence-electron chi connectivity index (χ4n) is 1.73. The first-order valence-corrected chi connectivity index (χ1v) is 6.15. The fourth-order valence-corrected chi connectivity index (χ4v) is 1.73. The van der Waals surface area contributed by atoms with Crippen molar-refractivity contribution >= 4 is 11.9 Å². The molecule has 0 aliphatic rings. The van der Waals surface area contributed by atoms with Crippen LogP contribution >= 0.6 is 0 Å². The molecule has 2 N–H and O–H groups in total. The van der Waals surface area contributed by atoms with Gasteiger partial charge in [0.2, 0.25) is 0 Å². The largest absolute Gasteiger partial charge is 0.480 e. The molecule has 1 heterocycles. The summed E-state index contributed by atoms with van der Waals surface area (Å²) < 4.78 is 6.87. The van der Waals surface area contributed by atoms with E-state index in [0.717, 1.165) is 0 Å². The van der Waals surface area contributed by atoms with Crippen LogP contribution in [0.2, 0.25) is 0 Å². The van der Waals surface area contributed by atoms with E-state index in [4.69, 9.17) is 9.84 Å². The molecule has 1 aromatic heterocycles. The van der Waals surface area contributed by atoms with E-state index in [9.17, 15) is 9.59 Å². The van der Waals surface area contributed by atoms with Gasteiger partial charge in [-0.05, 0) is 32.9 Å². The Morgan fingerprint density at radius 1 is 1.47 bits per heavy atom. The van der Waals surface area contributed by atoms with Crippen molar-refractivity contribution in [1.29, 1.82) is 0 Å². The Labute approximate surface area is 112 Å². The molecule has 1 aromatic rings. The zero-order chi connectivity index (χ0) is 14.5. The summed E-state index contributed by atoms with van der Waals surface area (Å²) in [5.74, 6) is -1.29. The highest BCUT2D eigenvalue weighted by Crippen LogP contribution is 2.08. The number of amides is 1. The number of hydrogen-bond donors (Lipinski definition) is 2. The Hall–Kier alpha value is -1.82. The number of hydrogen-bond acceptors (Lipinski definition) is 3. The SMILES string of the molecule is CCOC(C)(C)CNC(=O)c1cccn1CC(=O)O. The molecular formula is C13H20N2O4. The summed E-state index contributed by atoms with van der Waals surface area (Å²) in [5, 5.41) is 11.5. The van der Waals surface area contributed by atoms with Gasteiger partial charge in [0, 0.05) is 19.3 Å². The summed E-state index contributed by atoms with van der Waals surface area (Å²) >= 11 is 0. The number of aromatic nitrogens is 1. The quantitative estimate of drug-likeness (QED) is 0.776. The van der Waals surface area contributed by atoms with Crippen molar-refractivity contribution in [1.82, 2.24) is 9.88 Å². The first-order chi connectivity index (χ1) is 8.85. The van der Waals surface area contributed by atoms with Crippen LogP contribution in [0.5, 0.6) is 0 Å². The lowest BCUT2D eigenvalue weighted by molar-refractivity contribution is -0.137. The summed E-state index contributed by atoms with van der Waals surface area (Å²) in [4.78, 5) is 22.6. The van der Waals surface area contributed by atoms with Crippen LogP contribution in [0.25, 0.3) is 0 Å². The van der Waals surface area contributed by atoms with Crippen LogP contribution in [0.4, 0.5) is 0 Å². The number of nitrogens with one attached hydrogen (secondary N) is 1.